The standard InChI is InChI=1S/C19H23FN2O3/c1-22(12-15-6-9-18(25-3)17(20)10-15)13-19(23)21-11-14-4-7-16(24-2)8-5-14/h4-10H,11-13H2,1-3H3,(H,21,23)/p+1. The zero-order valence-electron chi connectivity index (χ0n) is 14.8. The van der Waals surface area contributed by atoms with Crippen LogP contribution in [0.3, 0.4) is 0 Å². The van der Waals surface area contributed by atoms with Crippen LogP contribution in [0.1, 0.15) is 11.1 Å². The Morgan fingerprint density at radius 2 is 1.76 bits per heavy atom. The van der Waals surface area contributed by atoms with E-state index in [4.69, 9.17) is 9.47 Å². The van der Waals surface area contributed by atoms with Crippen molar-refractivity contribution in [3.63, 3.8) is 0 Å². The first-order valence-corrected chi connectivity index (χ1v) is 8.05. The van der Waals surface area contributed by atoms with Gasteiger partial charge in [0.1, 0.15) is 12.3 Å². The molecule has 2 N–H and O–H groups in total. The quantitative estimate of drug-likeness (QED) is 0.754. The summed E-state index contributed by atoms with van der Waals surface area (Å²) in [7, 11) is 4.95. The Morgan fingerprint density at radius 1 is 1.08 bits per heavy atom. The Hall–Kier alpha value is -2.60. The Bertz CT molecular complexity index is 704. The molecular formula is C19H24FN2O3+. The second-order valence-electron chi connectivity index (χ2n) is 5.90. The first-order chi connectivity index (χ1) is 12.0. The molecule has 0 fully saturated rings. The van der Waals surface area contributed by atoms with Crippen LogP contribution in [0.5, 0.6) is 11.5 Å². The molecule has 0 spiro atoms. The molecule has 0 bridgehead atoms. The maximum atomic E-state index is 13.7. The van der Waals surface area contributed by atoms with Crippen LogP contribution in [0.25, 0.3) is 0 Å². The summed E-state index contributed by atoms with van der Waals surface area (Å²) in [6.45, 7) is 1.33. The van der Waals surface area contributed by atoms with Crippen molar-refractivity contribution in [2.75, 3.05) is 27.8 Å². The number of halogens is 1. The third-order valence-electron chi connectivity index (χ3n) is 3.83. The van der Waals surface area contributed by atoms with Crippen LogP contribution in [0.15, 0.2) is 42.5 Å². The highest BCUT2D eigenvalue weighted by molar-refractivity contribution is 5.76. The van der Waals surface area contributed by atoms with Gasteiger partial charge in [-0.15, -0.1) is 0 Å². The summed E-state index contributed by atoms with van der Waals surface area (Å²) >= 11 is 0. The molecule has 1 unspecified atom stereocenters. The van der Waals surface area contributed by atoms with Gasteiger partial charge in [0.05, 0.1) is 21.3 Å². The molecule has 0 aliphatic rings. The molecule has 0 aromatic heterocycles. The predicted octanol–water partition coefficient (Wildman–Crippen LogP) is 1.17. The normalized spacial score (nSPS) is 11.7. The van der Waals surface area contributed by atoms with Crippen LogP contribution in [-0.2, 0) is 17.9 Å². The average Bonchev–Trinajstić information content (AvgIpc) is 2.60. The number of quaternary nitrogens is 1. The summed E-state index contributed by atoms with van der Waals surface area (Å²) in [5, 5.41) is 2.89. The summed E-state index contributed by atoms with van der Waals surface area (Å²) in [6.07, 6.45) is 0. The molecule has 2 aromatic carbocycles. The van der Waals surface area contributed by atoms with Crippen molar-refractivity contribution in [1.29, 1.82) is 0 Å². The van der Waals surface area contributed by atoms with Crippen molar-refractivity contribution in [3.05, 3.63) is 59.4 Å². The first-order valence-electron chi connectivity index (χ1n) is 8.05. The van der Waals surface area contributed by atoms with E-state index in [0.29, 0.717) is 19.6 Å². The van der Waals surface area contributed by atoms with Gasteiger partial charge < -0.3 is 19.7 Å². The molecule has 2 aromatic rings. The van der Waals surface area contributed by atoms with Crippen LogP contribution in [0.4, 0.5) is 4.39 Å². The van der Waals surface area contributed by atoms with Gasteiger partial charge in [-0.05, 0) is 35.9 Å². The van der Waals surface area contributed by atoms with Gasteiger partial charge in [0.2, 0.25) is 0 Å². The van der Waals surface area contributed by atoms with Gasteiger partial charge in [0.25, 0.3) is 5.91 Å². The van der Waals surface area contributed by atoms with Gasteiger partial charge in [-0.25, -0.2) is 4.39 Å². The van der Waals surface area contributed by atoms with Crippen molar-refractivity contribution in [2.45, 2.75) is 13.1 Å². The molecule has 25 heavy (non-hydrogen) atoms. The van der Waals surface area contributed by atoms with E-state index >= 15 is 0 Å². The number of likely N-dealkylation sites (N-methyl/N-ethyl adjacent to an activating group) is 1. The number of nitrogens with one attached hydrogen (secondary N) is 2. The van der Waals surface area contributed by atoms with E-state index in [0.717, 1.165) is 21.8 Å². The molecule has 2 rings (SSSR count). The summed E-state index contributed by atoms with van der Waals surface area (Å²) < 4.78 is 23.7. The number of rotatable bonds is 8. The second kappa shape index (κ2) is 9.03. The van der Waals surface area contributed by atoms with E-state index in [2.05, 4.69) is 5.32 Å². The summed E-state index contributed by atoms with van der Waals surface area (Å²) in [5.74, 6) is 0.559. The minimum absolute atomic E-state index is 0.0534. The number of hydrogen-bond donors (Lipinski definition) is 2. The topological polar surface area (TPSA) is 52.0 Å². The van der Waals surface area contributed by atoms with Gasteiger partial charge >= 0.3 is 0 Å². The molecule has 0 saturated heterocycles. The van der Waals surface area contributed by atoms with Gasteiger partial charge in [-0.1, -0.05) is 12.1 Å². The van der Waals surface area contributed by atoms with E-state index in [-0.39, 0.29) is 11.7 Å². The van der Waals surface area contributed by atoms with Crippen molar-refractivity contribution in [1.82, 2.24) is 5.32 Å². The highest BCUT2D eigenvalue weighted by Crippen LogP contribution is 2.17. The predicted molar refractivity (Wildman–Crippen MR) is 93.3 cm³/mol. The van der Waals surface area contributed by atoms with E-state index in [1.807, 2.05) is 31.3 Å². The molecule has 0 aliphatic carbocycles. The Labute approximate surface area is 147 Å². The van der Waals surface area contributed by atoms with Crippen LogP contribution in [0.2, 0.25) is 0 Å². The van der Waals surface area contributed by atoms with Crippen molar-refractivity contribution in [3.8, 4) is 11.5 Å². The van der Waals surface area contributed by atoms with E-state index in [9.17, 15) is 9.18 Å². The summed E-state index contributed by atoms with van der Waals surface area (Å²) in [6, 6.07) is 12.4. The number of carbonyl (C=O) groups is 1. The Balaban J connectivity index is 1.80. The molecule has 0 radical (unpaired) electrons. The number of amides is 1. The number of carbonyl (C=O) groups excluding carboxylic acids is 1. The summed E-state index contributed by atoms with van der Waals surface area (Å²) in [5.41, 5.74) is 1.82. The minimum atomic E-state index is -0.392. The van der Waals surface area contributed by atoms with Crippen LogP contribution in [0, 0.1) is 5.82 Å². The second-order valence-corrected chi connectivity index (χ2v) is 5.90. The fourth-order valence-corrected chi connectivity index (χ4v) is 2.51. The monoisotopic (exact) mass is 347 g/mol. The molecular weight excluding hydrogens is 323 g/mol. The lowest BCUT2D eigenvalue weighted by atomic mass is 10.2. The Kier molecular flexibility index (Phi) is 6.77. The molecule has 1 atom stereocenters. The van der Waals surface area contributed by atoms with Gasteiger partial charge in [-0.2, -0.15) is 0 Å². The molecule has 0 heterocycles. The average molecular weight is 347 g/mol. The highest BCUT2D eigenvalue weighted by atomic mass is 19.1. The molecule has 0 aliphatic heterocycles. The minimum Gasteiger partial charge on any atom is -0.497 e. The number of hydrogen-bond acceptors (Lipinski definition) is 3. The maximum absolute atomic E-state index is 13.7. The van der Waals surface area contributed by atoms with Gasteiger partial charge in [-0.3, -0.25) is 4.79 Å². The lowest BCUT2D eigenvalue weighted by Gasteiger charge is -2.14. The van der Waals surface area contributed by atoms with Crippen molar-refractivity contribution >= 4 is 5.91 Å². The van der Waals surface area contributed by atoms with E-state index in [1.165, 1.54) is 13.2 Å². The van der Waals surface area contributed by atoms with Crippen molar-refractivity contribution in [2.24, 2.45) is 0 Å². The van der Waals surface area contributed by atoms with Crippen LogP contribution >= 0.6 is 0 Å². The number of benzene rings is 2. The van der Waals surface area contributed by atoms with Gasteiger partial charge in [0.15, 0.2) is 18.1 Å². The molecule has 1 amide bonds. The number of methoxy groups -OCH3 is 2. The van der Waals surface area contributed by atoms with E-state index in [1.54, 1.807) is 19.2 Å². The largest absolute Gasteiger partial charge is 0.497 e. The fourth-order valence-electron chi connectivity index (χ4n) is 2.51. The van der Waals surface area contributed by atoms with Crippen molar-refractivity contribution < 1.29 is 23.6 Å². The first kappa shape index (κ1) is 18.7. The zero-order valence-corrected chi connectivity index (χ0v) is 14.8. The highest BCUT2D eigenvalue weighted by Gasteiger charge is 2.12. The lowest BCUT2D eigenvalue weighted by molar-refractivity contribution is -0.885. The lowest BCUT2D eigenvalue weighted by Crippen LogP contribution is -3.08. The molecule has 5 nitrogen and oxygen atoms in total. The van der Waals surface area contributed by atoms with Crippen LogP contribution in [-0.4, -0.2) is 33.7 Å². The third kappa shape index (κ3) is 5.76. The smallest absolute Gasteiger partial charge is 0.275 e. The van der Waals surface area contributed by atoms with E-state index < -0.39 is 5.82 Å². The SMILES string of the molecule is COc1ccc(CNC(=O)C[NH+](C)Cc2ccc(OC)c(F)c2)cc1. The van der Waals surface area contributed by atoms with Crippen LogP contribution < -0.4 is 19.7 Å². The molecule has 134 valence electrons. The fraction of sp³-hybridized carbons (Fsp3) is 0.316. The zero-order chi connectivity index (χ0) is 18.2. The number of ether oxygens (including phenoxy) is 2. The van der Waals surface area contributed by atoms with Gasteiger partial charge in [0, 0.05) is 12.1 Å². The third-order valence-corrected chi connectivity index (χ3v) is 3.83. The maximum Gasteiger partial charge on any atom is 0.275 e. The molecule has 6 heteroatoms. The molecule has 0 saturated carbocycles. The summed E-state index contributed by atoms with van der Waals surface area (Å²) in [4.78, 5) is 13.0. The Morgan fingerprint density at radius 3 is 2.36 bits per heavy atom.